The first-order chi connectivity index (χ1) is 16.4. The first-order valence-electron chi connectivity index (χ1n) is 11.4. The average Bonchev–Trinajstić information content (AvgIpc) is 3.16. The second-order valence-corrected chi connectivity index (χ2v) is 8.72. The molecule has 1 amide bonds. The van der Waals surface area contributed by atoms with Crippen LogP contribution in [-0.4, -0.2) is 48.7 Å². The average molecular weight is 467 g/mol. The molecule has 0 bridgehead atoms. The largest absolute Gasteiger partial charge is 0.448 e. The van der Waals surface area contributed by atoms with E-state index in [1.165, 1.54) is 23.3 Å². The highest BCUT2D eigenvalue weighted by Crippen LogP contribution is 2.44. The van der Waals surface area contributed by atoms with E-state index in [-0.39, 0.29) is 30.7 Å². The molecule has 1 aliphatic carbocycles. The van der Waals surface area contributed by atoms with Gasteiger partial charge < -0.3 is 9.64 Å². The van der Waals surface area contributed by atoms with Gasteiger partial charge in [0.15, 0.2) is 0 Å². The Morgan fingerprint density at radius 2 is 1.38 bits per heavy atom. The van der Waals surface area contributed by atoms with Gasteiger partial charge in [0.1, 0.15) is 6.61 Å². The van der Waals surface area contributed by atoms with E-state index in [2.05, 4.69) is 24.3 Å². The first-order valence-corrected chi connectivity index (χ1v) is 11.4. The maximum absolute atomic E-state index is 13.3. The second kappa shape index (κ2) is 9.14. The number of amides is 1. The molecule has 0 aromatic heterocycles. The summed E-state index contributed by atoms with van der Waals surface area (Å²) in [7, 11) is 0. The van der Waals surface area contributed by atoms with Gasteiger partial charge in [0.25, 0.3) is 0 Å². The molecule has 4 nitrogen and oxygen atoms in total. The third kappa shape index (κ3) is 4.40. The van der Waals surface area contributed by atoms with Gasteiger partial charge in [-0.1, -0.05) is 66.7 Å². The molecule has 0 spiro atoms. The van der Waals surface area contributed by atoms with Gasteiger partial charge in [0.2, 0.25) is 0 Å². The van der Waals surface area contributed by atoms with Gasteiger partial charge in [-0.05, 0) is 33.9 Å². The summed E-state index contributed by atoms with van der Waals surface area (Å²) in [5, 5.41) is 0. The molecule has 2 aliphatic rings. The summed E-state index contributed by atoms with van der Waals surface area (Å²) < 4.78 is 45.6. The van der Waals surface area contributed by atoms with Crippen molar-refractivity contribution in [1.29, 1.82) is 0 Å². The van der Waals surface area contributed by atoms with E-state index in [1.54, 1.807) is 11.0 Å². The third-order valence-corrected chi connectivity index (χ3v) is 6.68. The van der Waals surface area contributed by atoms with Gasteiger partial charge in [-0.25, -0.2) is 4.79 Å². The Bertz CT molecular complexity index is 1140. The van der Waals surface area contributed by atoms with Gasteiger partial charge in [-0.2, -0.15) is 13.2 Å². The molecule has 1 fully saturated rings. The summed E-state index contributed by atoms with van der Waals surface area (Å²) in [6, 6.07) is 22.0. The molecule has 0 saturated carbocycles. The highest BCUT2D eigenvalue weighted by molar-refractivity contribution is 5.79. The van der Waals surface area contributed by atoms with Gasteiger partial charge in [0, 0.05) is 38.6 Å². The fourth-order valence-electron chi connectivity index (χ4n) is 4.95. The van der Waals surface area contributed by atoms with Crippen LogP contribution in [0.1, 0.15) is 28.2 Å². The van der Waals surface area contributed by atoms with Crippen molar-refractivity contribution in [3.8, 4) is 11.1 Å². The zero-order chi connectivity index (χ0) is 23.7. The lowest BCUT2D eigenvalue weighted by Crippen LogP contribution is -2.48. The summed E-state index contributed by atoms with van der Waals surface area (Å²) in [5.41, 5.74) is 4.31. The fraction of sp³-hybridized carbons (Fsp3) is 0.296. The van der Waals surface area contributed by atoms with E-state index in [1.807, 2.05) is 29.2 Å². The normalized spacial score (nSPS) is 16.3. The highest BCUT2D eigenvalue weighted by atomic mass is 19.4. The smallest absolute Gasteiger partial charge is 0.416 e. The number of hydrogen-bond acceptors (Lipinski definition) is 3. The highest BCUT2D eigenvalue weighted by Gasteiger charge is 2.34. The molecule has 7 heteroatoms. The van der Waals surface area contributed by atoms with E-state index in [0.717, 1.165) is 17.2 Å². The Morgan fingerprint density at radius 1 is 0.824 bits per heavy atom. The Balaban J connectivity index is 1.18. The summed E-state index contributed by atoms with van der Waals surface area (Å²) in [6.07, 6.45) is -4.75. The summed E-state index contributed by atoms with van der Waals surface area (Å²) in [6.45, 7) is 2.29. The number of nitrogens with zero attached hydrogens (tertiary/aromatic N) is 2. The number of fused-ring (bicyclic) bond motifs is 3. The molecule has 1 aliphatic heterocycles. The molecule has 1 heterocycles. The van der Waals surface area contributed by atoms with Crippen LogP contribution >= 0.6 is 0 Å². The van der Waals surface area contributed by atoms with Crippen molar-refractivity contribution in [2.24, 2.45) is 0 Å². The van der Waals surface area contributed by atoms with Crippen molar-refractivity contribution in [3.63, 3.8) is 0 Å². The van der Waals surface area contributed by atoms with Gasteiger partial charge in [-0.3, -0.25) is 4.90 Å². The van der Waals surface area contributed by atoms with Crippen LogP contribution in [0.25, 0.3) is 11.1 Å². The Hall–Kier alpha value is -3.32. The van der Waals surface area contributed by atoms with E-state index < -0.39 is 11.7 Å². The summed E-state index contributed by atoms with van der Waals surface area (Å²) in [5.74, 6) is -0.00323. The van der Waals surface area contributed by atoms with Gasteiger partial charge in [-0.15, -0.1) is 0 Å². The Labute approximate surface area is 196 Å². The number of ether oxygens (including phenoxy) is 1. The number of carbonyl (C=O) groups is 1. The van der Waals surface area contributed by atoms with Crippen molar-refractivity contribution in [2.75, 3.05) is 32.8 Å². The van der Waals surface area contributed by atoms with Crippen molar-refractivity contribution in [1.82, 2.24) is 9.80 Å². The molecule has 1 saturated heterocycles. The Morgan fingerprint density at radius 3 is 2.00 bits per heavy atom. The number of alkyl halides is 3. The van der Waals surface area contributed by atoms with Crippen LogP contribution < -0.4 is 0 Å². The van der Waals surface area contributed by atoms with Crippen LogP contribution in [0, 0.1) is 0 Å². The lowest BCUT2D eigenvalue weighted by atomic mass is 9.98. The monoisotopic (exact) mass is 466 g/mol. The van der Waals surface area contributed by atoms with Crippen LogP contribution in [-0.2, 0) is 17.5 Å². The summed E-state index contributed by atoms with van der Waals surface area (Å²) in [4.78, 5) is 16.3. The quantitative estimate of drug-likeness (QED) is 0.489. The molecule has 0 radical (unpaired) electrons. The predicted octanol–water partition coefficient (Wildman–Crippen LogP) is 5.77. The van der Waals surface area contributed by atoms with Gasteiger partial charge >= 0.3 is 12.3 Å². The molecule has 5 rings (SSSR count). The number of benzene rings is 3. The topological polar surface area (TPSA) is 32.8 Å². The van der Waals surface area contributed by atoms with Crippen molar-refractivity contribution in [2.45, 2.75) is 18.6 Å². The maximum Gasteiger partial charge on any atom is 0.416 e. The number of piperazine rings is 1. The maximum atomic E-state index is 13.3. The lowest BCUT2D eigenvalue weighted by molar-refractivity contribution is -0.138. The number of rotatable bonds is 4. The van der Waals surface area contributed by atoms with E-state index in [9.17, 15) is 18.0 Å². The molecule has 0 atom stereocenters. The van der Waals surface area contributed by atoms with Crippen LogP contribution in [0.2, 0.25) is 0 Å². The van der Waals surface area contributed by atoms with Crippen molar-refractivity contribution >= 4 is 6.09 Å². The van der Waals surface area contributed by atoms with Crippen molar-refractivity contribution < 1.29 is 22.7 Å². The molecule has 0 N–H and O–H groups in total. The zero-order valence-corrected chi connectivity index (χ0v) is 18.6. The minimum Gasteiger partial charge on any atom is -0.448 e. The minimum absolute atomic E-state index is 0.00323. The lowest BCUT2D eigenvalue weighted by Gasteiger charge is -2.34. The zero-order valence-electron chi connectivity index (χ0n) is 18.6. The molecule has 34 heavy (non-hydrogen) atoms. The molecule has 3 aromatic carbocycles. The molecule has 0 unspecified atom stereocenters. The molecular formula is C27H25F3N2O2. The Kier molecular flexibility index (Phi) is 6.04. The number of carbonyl (C=O) groups excluding carboxylic acids is 1. The second-order valence-electron chi connectivity index (χ2n) is 8.72. The minimum atomic E-state index is -4.38. The molecule has 176 valence electrons. The first kappa shape index (κ1) is 22.5. The number of halogens is 3. The van der Waals surface area contributed by atoms with Crippen molar-refractivity contribution in [3.05, 3.63) is 95.1 Å². The van der Waals surface area contributed by atoms with Gasteiger partial charge in [0.05, 0.1) is 5.56 Å². The third-order valence-electron chi connectivity index (χ3n) is 6.68. The molecular weight excluding hydrogens is 441 g/mol. The fourth-order valence-corrected chi connectivity index (χ4v) is 4.95. The van der Waals surface area contributed by atoms with Crippen LogP contribution in [0.15, 0.2) is 72.8 Å². The molecule has 3 aromatic rings. The standard InChI is InChI=1S/C27H25F3N2O2/c28-27(29,30)25-12-6-1-7-19(25)17-31-13-15-32(16-14-31)26(33)34-18-24-22-10-4-2-8-20(22)21-9-3-5-11-23(21)24/h1-12,24H,13-18H2. The van der Waals surface area contributed by atoms with Crippen LogP contribution in [0.4, 0.5) is 18.0 Å². The van der Waals surface area contributed by atoms with E-state index >= 15 is 0 Å². The predicted molar refractivity (Wildman–Crippen MR) is 123 cm³/mol. The van der Waals surface area contributed by atoms with Crippen LogP contribution in [0.5, 0.6) is 0 Å². The summed E-state index contributed by atoms with van der Waals surface area (Å²) >= 11 is 0. The number of hydrogen-bond donors (Lipinski definition) is 0. The SMILES string of the molecule is O=C(OCC1c2ccccc2-c2ccccc21)N1CCN(Cc2ccccc2C(F)(F)F)CC1. The van der Waals surface area contributed by atoms with E-state index in [0.29, 0.717) is 26.2 Å². The van der Waals surface area contributed by atoms with E-state index in [4.69, 9.17) is 4.74 Å². The van der Waals surface area contributed by atoms with Crippen LogP contribution in [0.3, 0.4) is 0 Å².